The van der Waals surface area contributed by atoms with Gasteiger partial charge in [0.1, 0.15) is 5.75 Å². The van der Waals surface area contributed by atoms with Crippen LogP contribution in [0.15, 0.2) is 18.2 Å². The fourth-order valence-electron chi connectivity index (χ4n) is 3.73. The molecule has 1 aromatic carbocycles. The van der Waals surface area contributed by atoms with Crippen LogP contribution in [0, 0.1) is 0 Å². The molecule has 3 rings (SSSR count). The standard InChI is InChI=1S/C15H21NO/c1-2-9-16-10-8-12-11-4-3-5-15(17)13(11)6-7-14(12)16/h3-5,12,14,17H,2,6-10H2,1H3/t12-,14+/m0/s1. The van der Waals surface area contributed by atoms with Crippen molar-refractivity contribution < 1.29 is 5.11 Å². The van der Waals surface area contributed by atoms with E-state index in [1.54, 1.807) is 0 Å². The Kier molecular flexibility index (Phi) is 2.83. The highest BCUT2D eigenvalue weighted by Crippen LogP contribution is 2.43. The van der Waals surface area contributed by atoms with Crippen LogP contribution in [0.2, 0.25) is 0 Å². The van der Waals surface area contributed by atoms with Crippen molar-refractivity contribution >= 4 is 0 Å². The van der Waals surface area contributed by atoms with Gasteiger partial charge in [-0.3, -0.25) is 4.90 Å². The summed E-state index contributed by atoms with van der Waals surface area (Å²) >= 11 is 0. The van der Waals surface area contributed by atoms with Crippen molar-refractivity contribution in [1.29, 1.82) is 0 Å². The molecule has 0 amide bonds. The van der Waals surface area contributed by atoms with Gasteiger partial charge in [0.05, 0.1) is 0 Å². The van der Waals surface area contributed by atoms with E-state index in [0.29, 0.717) is 11.7 Å². The lowest BCUT2D eigenvalue weighted by molar-refractivity contribution is 0.226. The lowest BCUT2D eigenvalue weighted by Gasteiger charge is -2.33. The van der Waals surface area contributed by atoms with Crippen LogP contribution in [0.1, 0.15) is 43.2 Å². The van der Waals surface area contributed by atoms with Gasteiger partial charge in [-0.2, -0.15) is 0 Å². The second-order valence-corrected chi connectivity index (χ2v) is 5.38. The molecule has 0 spiro atoms. The van der Waals surface area contributed by atoms with E-state index in [1.807, 2.05) is 12.1 Å². The van der Waals surface area contributed by atoms with E-state index in [2.05, 4.69) is 17.9 Å². The number of phenols is 1. The molecule has 0 unspecified atom stereocenters. The zero-order chi connectivity index (χ0) is 11.8. The van der Waals surface area contributed by atoms with Crippen LogP contribution in [-0.4, -0.2) is 29.1 Å². The van der Waals surface area contributed by atoms with Gasteiger partial charge >= 0.3 is 0 Å². The second kappa shape index (κ2) is 4.34. The number of rotatable bonds is 2. The maximum absolute atomic E-state index is 9.93. The van der Waals surface area contributed by atoms with Crippen LogP contribution in [0.3, 0.4) is 0 Å². The van der Waals surface area contributed by atoms with Crippen LogP contribution < -0.4 is 0 Å². The fourth-order valence-corrected chi connectivity index (χ4v) is 3.73. The van der Waals surface area contributed by atoms with Crippen molar-refractivity contribution in [3.63, 3.8) is 0 Å². The van der Waals surface area contributed by atoms with E-state index < -0.39 is 0 Å². The molecule has 1 aromatic rings. The Morgan fingerprint density at radius 1 is 1.35 bits per heavy atom. The number of benzene rings is 1. The summed E-state index contributed by atoms with van der Waals surface area (Å²) in [6.45, 7) is 4.73. The largest absolute Gasteiger partial charge is 0.508 e. The molecule has 1 aliphatic carbocycles. The third-order valence-electron chi connectivity index (χ3n) is 4.45. The highest BCUT2D eigenvalue weighted by molar-refractivity contribution is 5.44. The summed E-state index contributed by atoms with van der Waals surface area (Å²) in [6.07, 6.45) is 4.77. The lowest BCUT2D eigenvalue weighted by Crippen LogP contribution is -2.35. The Labute approximate surface area is 103 Å². The second-order valence-electron chi connectivity index (χ2n) is 5.38. The highest BCUT2D eigenvalue weighted by atomic mass is 16.3. The molecule has 2 atom stereocenters. The van der Waals surface area contributed by atoms with Gasteiger partial charge in [-0.1, -0.05) is 19.1 Å². The molecule has 1 saturated heterocycles. The molecule has 0 radical (unpaired) electrons. The van der Waals surface area contributed by atoms with E-state index in [0.717, 1.165) is 12.5 Å². The van der Waals surface area contributed by atoms with Crippen LogP contribution in [0.5, 0.6) is 5.75 Å². The van der Waals surface area contributed by atoms with Crippen molar-refractivity contribution in [1.82, 2.24) is 4.90 Å². The molecular formula is C15H21NO. The maximum atomic E-state index is 9.93. The Morgan fingerprint density at radius 2 is 2.24 bits per heavy atom. The number of nitrogens with zero attached hydrogens (tertiary/aromatic N) is 1. The van der Waals surface area contributed by atoms with Crippen LogP contribution in [-0.2, 0) is 6.42 Å². The molecule has 0 saturated carbocycles. The van der Waals surface area contributed by atoms with E-state index in [1.165, 1.54) is 43.5 Å². The number of hydrogen-bond acceptors (Lipinski definition) is 2. The maximum Gasteiger partial charge on any atom is 0.119 e. The number of aromatic hydroxyl groups is 1. The molecule has 1 N–H and O–H groups in total. The SMILES string of the molecule is CCCN1CC[C@H]2c3cccc(O)c3CC[C@H]21. The van der Waals surface area contributed by atoms with E-state index >= 15 is 0 Å². The molecule has 1 aliphatic heterocycles. The molecule has 92 valence electrons. The van der Waals surface area contributed by atoms with Gasteiger partial charge in [-0.15, -0.1) is 0 Å². The van der Waals surface area contributed by atoms with Crippen molar-refractivity contribution in [2.45, 2.75) is 44.6 Å². The predicted octanol–water partition coefficient (Wildman–Crippen LogP) is 2.91. The molecule has 2 aliphatic rings. The first-order valence-corrected chi connectivity index (χ1v) is 6.86. The van der Waals surface area contributed by atoms with E-state index in [-0.39, 0.29) is 0 Å². The zero-order valence-electron chi connectivity index (χ0n) is 10.5. The van der Waals surface area contributed by atoms with Crippen LogP contribution in [0.25, 0.3) is 0 Å². The summed E-state index contributed by atoms with van der Waals surface area (Å²) in [6, 6.07) is 6.78. The minimum atomic E-state index is 0.509. The third-order valence-corrected chi connectivity index (χ3v) is 4.45. The molecule has 2 heteroatoms. The van der Waals surface area contributed by atoms with Crippen molar-refractivity contribution in [3.05, 3.63) is 29.3 Å². The fraction of sp³-hybridized carbons (Fsp3) is 0.600. The molecule has 0 bridgehead atoms. The van der Waals surface area contributed by atoms with Gasteiger partial charge in [0.25, 0.3) is 0 Å². The van der Waals surface area contributed by atoms with E-state index in [9.17, 15) is 5.11 Å². The predicted molar refractivity (Wildman–Crippen MR) is 69.4 cm³/mol. The molecule has 2 nitrogen and oxygen atoms in total. The van der Waals surface area contributed by atoms with Gasteiger partial charge < -0.3 is 5.11 Å². The molecular weight excluding hydrogens is 210 g/mol. The van der Waals surface area contributed by atoms with Gasteiger partial charge in [0.2, 0.25) is 0 Å². The van der Waals surface area contributed by atoms with E-state index in [4.69, 9.17) is 0 Å². The number of hydrogen-bond donors (Lipinski definition) is 1. The van der Waals surface area contributed by atoms with Crippen molar-refractivity contribution in [2.24, 2.45) is 0 Å². The van der Waals surface area contributed by atoms with Gasteiger partial charge in [0.15, 0.2) is 0 Å². The summed E-state index contributed by atoms with van der Waals surface area (Å²) in [5, 5.41) is 9.93. The minimum Gasteiger partial charge on any atom is -0.508 e. The molecule has 17 heavy (non-hydrogen) atoms. The molecule has 0 aromatic heterocycles. The van der Waals surface area contributed by atoms with Gasteiger partial charge in [0, 0.05) is 12.0 Å². The van der Waals surface area contributed by atoms with Gasteiger partial charge in [-0.05, 0) is 56.0 Å². The smallest absolute Gasteiger partial charge is 0.119 e. The Bertz CT molecular complexity index is 415. The zero-order valence-corrected chi connectivity index (χ0v) is 10.5. The average Bonchev–Trinajstić information content (AvgIpc) is 2.74. The summed E-state index contributed by atoms with van der Waals surface area (Å²) in [7, 11) is 0. The lowest BCUT2D eigenvalue weighted by atomic mass is 9.79. The summed E-state index contributed by atoms with van der Waals surface area (Å²) < 4.78 is 0. The average molecular weight is 231 g/mol. The first-order chi connectivity index (χ1) is 8.31. The normalized spacial score (nSPS) is 27.8. The number of phenolic OH excluding ortho intramolecular Hbond substituents is 1. The Balaban J connectivity index is 1.91. The Hall–Kier alpha value is -1.02. The minimum absolute atomic E-state index is 0.509. The van der Waals surface area contributed by atoms with Gasteiger partial charge in [-0.25, -0.2) is 0 Å². The first kappa shape index (κ1) is 11.1. The molecule has 1 heterocycles. The third kappa shape index (κ3) is 1.75. The topological polar surface area (TPSA) is 23.5 Å². The first-order valence-electron chi connectivity index (χ1n) is 6.86. The highest BCUT2D eigenvalue weighted by Gasteiger charge is 2.38. The van der Waals surface area contributed by atoms with Crippen LogP contribution in [0.4, 0.5) is 0 Å². The van der Waals surface area contributed by atoms with Crippen molar-refractivity contribution in [2.75, 3.05) is 13.1 Å². The monoisotopic (exact) mass is 231 g/mol. The Morgan fingerprint density at radius 3 is 3.06 bits per heavy atom. The number of fused-ring (bicyclic) bond motifs is 3. The summed E-state index contributed by atoms with van der Waals surface area (Å²) in [4.78, 5) is 2.65. The summed E-state index contributed by atoms with van der Waals surface area (Å²) in [5.41, 5.74) is 2.63. The van der Waals surface area contributed by atoms with Crippen LogP contribution >= 0.6 is 0 Å². The molecule has 1 fully saturated rings. The van der Waals surface area contributed by atoms with Crippen molar-refractivity contribution in [3.8, 4) is 5.75 Å². The quantitative estimate of drug-likeness (QED) is 0.846. The summed E-state index contributed by atoms with van der Waals surface area (Å²) in [5.74, 6) is 1.17. The number of likely N-dealkylation sites (tertiary alicyclic amines) is 1.